The van der Waals surface area contributed by atoms with Gasteiger partial charge in [0.15, 0.2) is 0 Å². The van der Waals surface area contributed by atoms with E-state index >= 15 is 0 Å². The largest absolute Gasteiger partial charge is 0.134 e. The molecule has 0 aliphatic heterocycles. The summed E-state index contributed by atoms with van der Waals surface area (Å²) in [6.07, 6.45) is 5.70. The van der Waals surface area contributed by atoms with Crippen LogP contribution in [0.5, 0.6) is 0 Å². The van der Waals surface area contributed by atoms with Gasteiger partial charge >= 0.3 is 0 Å². The Morgan fingerprint density at radius 2 is 1.59 bits per heavy atom. The Kier molecular flexibility index (Phi) is 3.21. The van der Waals surface area contributed by atoms with Crippen LogP contribution in [0.1, 0.15) is 5.56 Å². The zero-order valence-electron chi connectivity index (χ0n) is 12.0. The summed E-state index contributed by atoms with van der Waals surface area (Å²) in [6.45, 7) is 7.69. The standard InChI is InChI=1S/C20H14S2/c1-3-7-13(4-2)14-10-11-18-16(12-14)20-19(22-18)15-8-5-6-9-17(15)21-20/h3-12H,1-2H2/b13-7+. The number of fused-ring (bicyclic) bond motifs is 5. The van der Waals surface area contributed by atoms with Crippen molar-refractivity contribution in [3.63, 3.8) is 0 Å². The maximum absolute atomic E-state index is 3.91. The Bertz CT molecular complexity index is 1060. The Morgan fingerprint density at radius 3 is 2.36 bits per heavy atom. The average Bonchev–Trinajstić information content (AvgIpc) is 3.08. The molecule has 0 saturated carbocycles. The number of hydrogen-bond acceptors (Lipinski definition) is 2. The van der Waals surface area contributed by atoms with E-state index in [0.29, 0.717) is 0 Å². The Balaban J connectivity index is 2.05. The minimum Gasteiger partial charge on any atom is -0.134 e. The molecular weight excluding hydrogens is 304 g/mol. The lowest BCUT2D eigenvalue weighted by Gasteiger charge is -2.01. The lowest BCUT2D eigenvalue weighted by molar-refractivity contribution is 1.71. The van der Waals surface area contributed by atoms with Gasteiger partial charge in [-0.3, -0.25) is 0 Å². The fourth-order valence-corrected chi connectivity index (χ4v) is 5.42. The van der Waals surface area contributed by atoms with Crippen molar-refractivity contribution in [2.24, 2.45) is 0 Å². The summed E-state index contributed by atoms with van der Waals surface area (Å²) in [7, 11) is 0. The normalized spacial score (nSPS) is 12.3. The molecule has 0 fully saturated rings. The molecule has 106 valence electrons. The first kappa shape index (κ1) is 13.5. The summed E-state index contributed by atoms with van der Waals surface area (Å²) < 4.78 is 5.50. The van der Waals surface area contributed by atoms with Crippen LogP contribution in [0, 0.1) is 0 Å². The van der Waals surface area contributed by atoms with Crippen LogP contribution in [0.2, 0.25) is 0 Å². The van der Waals surface area contributed by atoms with Crippen molar-refractivity contribution in [1.82, 2.24) is 0 Å². The van der Waals surface area contributed by atoms with Gasteiger partial charge in [-0.05, 0) is 29.3 Å². The summed E-state index contributed by atoms with van der Waals surface area (Å²) in [5.41, 5.74) is 2.30. The molecule has 2 aromatic carbocycles. The molecule has 0 spiro atoms. The van der Waals surface area contributed by atoms with Crippen LogP contribution >= 0.6 is 22.7 Å². The minimum atomic E-state index is 1.11. The predicted molar refractivity (Wildman–Crippen MR) is 103 cm³/mol. The molecule has 4 rings (SSSR count). The second-order valence-corrected chi connectivity index (χ2v) is 7.24. The number of thiophene rings is 2. The summed E-state index contributed by atoms with van der Waals surface area (Å²) in [4.78, 5) is 0. The molecule has 0 N–H and O–H groups in total. The second-order valence-electron chi connectivity index (χ2n) is 5.13. The van der Waals surface area contributed by atoms with E-state index in [1.54, 1.807) is 0 Å². The summed E-state index contributed by atoms with van der Waals surface area (Å²) >= 11 is 3.77. The Morgan fingerprint density at radius 1 is 0.864 bits per heavy atom. The van der Waals surface area contributed by atoms with Gasteiger partial charge in [0.25, 0.3) is 0 Å². The molecule has 22 heavy (non-hydrogen) atoms. The first-order valence-electron chi connectivity index (χ1n) is 7.11. The monoisotopic (exact) mass is 318 g/mol. The maximum atomic E-state index is 3.91. The van der Waals surface area contributed by atoms with E-state index in [2.05, 4.69) is 55.6 Å². The van der Waals surface area contributed by atoms with Crippen molar-refractivity contribution < 1.29 is 0 Å². The SMILES string of the molecule is C=C/C=C(\C=C)c1ccc2sc3c4ccccc4sc3c2c1. The number of benzene rings is 2. The number of hydrogen-bond donors (Lipinski definition) is 0. The molecule has 2 heterocycles. The highest BCUT2D eigenvalue weighted by atomic mass is 32.1. The molecule has 0 aliphatic carbocycles. The van der Waals surface area contributed by atoms with Gasteiger partial charge in [-0.2, -0.15) is 0 Å². The molecule has 0 radical (unpaired) electrons. The van der Waals surface area contributed by atoms with Crippen molar-refractivity contribution >= 4 is 57.8 Å². The van der Waals surface area contributed by atoms with Crippen LogP contribution in [0.25, 0.3) is 35.1 Å². The molecule has 0 unspecified atom stereocenters. The third kappa shape index (κ3) is 1.96. The van der Waals surface area contributed by atoms with Gasteiger partial charge in [-0.25, -0.2) is 0 Å². The number of allylic oxidation sites excluding steroid dienone is 4. The Hall–Kier alpha value is -2.16. The van der Waals surface area contributed by atoms with Crippen LogP contribution in [0.3, 0.4) is 0 Å². The van der Waals surface area contributed by atoms with Crippen LogP contribution in [-0.4, -0.2) is 0 Å². The third-order valence-electron chi connectivity index (χ3n) is 3.84. The predicted octanol–water partition coefficient (Wildman–Crippen LogP) is 7.02. The molecule has 2 aromatic heterocycles. The van der Waals surface area contributed by atoms with Gasteiger partial charge in [-0.15, -0.1) is 22.7 Å². The van der Waals surface area contributed by atoms with Crippen molar-refractivity contribution in [3.05, 3.63) is 79.4 Å². The molecule has 2 heteroatoms. The summed E-state index contributed by atoms with van der Waals surface area (Å²) in [5, 5.41) is 2.71. The molecule has 0 atom stereocenters. The smallest absolute Gasteiger partial charge is 0.0542 e. The Labute approximate surface area is 137 Å². The summed E-state index contributed by atoms with van der Waals surface area (Å²) in [5.74, 6) is 0. The maximum Gasteiger partial charge on any atom is 0.0542 e. The van der Waals surface area contributed by atoms with Gasteiger partial charge in [-0.1, -0.05) is 55.7 Å². The molecule has 0 nitrogen and oxygen atoms in total. The van der Waals surface area contributed by atoms with Gasteiger partial charge in [0.2, 0.25) is 0 Å². The van der Waals surface area contributed by atoms with Crippen molar-refractivity contribution in [2.45, 2.75) is 0 Å². The van der Waals surface area contributed by atoms with Gasteiger partial charge in [0.05, 0.1) is 9.40 Å². The van der Waals surface area contributed by atoms with E-state index in [-0.39, 0.29) is 0 Å². The quantitative estimate of drug-likeness (QED) is 0.356. The zero-order chi connectivity index (χ0) is 15.1. The van der Waals surface area contributed by atoms with Gasteiger partial charge < -0.3 is 0 Å². The fraction of sp³-hybridized carbons (Fsp3) is 0. The molecular formula is C20H14S2. The third-order valence-corrected chi connectivity index (χ3v) is 6.37. The molecule has 0 aliphatic rings. The number of rotatable bonds is 3. The highest BCUT2D eigenvalue weighted by molar-refractivity contribution is 7.36. The van der Waals surface area contributed by atoms with E-state index in [4.69, 9.17) is 0 Å². The van der Waals surface area contributed by atoms with Crippen LogP contribution in [0.15, 0.2) is 73.9 Å². The minimum absolute atomic E-state index is 1.11. The van der Waals surface area contributed by atoms with Crippen LogP contribution in [-0.2, 0) is 0 Å². The topological polar surface area (TPSA) is 0 Å². The summed E-state index contributed by atoms with van der Waals surface area (Å²) in [6, 6.07) is 15.3. The molecule has 4 aromatic rings. The average molecular weight is 318 g/mol. The van der Waals surface area contributed by atoms with Crippen LogP contribution < -0.4 is 0 Å². The van der Waals surface area contributed by atoms with Crippen LogP contribution in [0.4, 0.5) is 0 Å². The van der Waals surface area contributed by atoms with Crippen molar-refractivity contribution in [3.8, 4) is 0 Å². The lowest BCUT2D eigenvalue weighted by Crippen LogP contribution is -1.79. The molecule has 0 bridgehead atoms. The van der Waals surface area contributed by atoms with E-state index in [1.165, 1.54) is 35.1 Å². The molecule has 0 saturated heterocycles. The van der Waals surface area contributed by atoms with E-state index in [9.17, 15) is 0 Å². The highest BCUT2D eigenvalue weighted by Crippen LogP contribution is 2.44. The van der Waals surface area contributed by atoms with Gasteiger partial charge in [0, 0.05) is 20.2 Å². The van der Waals surface area contributed by atoms with E-state index < -0.39 is 0 Å². The van der Waals surface area contributed by atoms with Crippen molar-refractivity contribution in [2.75, 3.05) is 0 Å². The highest BCUT2D eigenvalue weighted by Gasteiger charge is 2.12. The van der Waals surface area contributed by atoms with E-state index in [0.717, 1.165) is 5.57 Å². The molecule has 0 amide bonds. The first-order chi connectivity index (χ1) is 10.8. The van der Waals surface area contributed by atoms with Crippen molar-refractivity contribution in [1.29, 1.82) is 0 Å². The fourth-order valence-electron chi connectivity index (χ4n) is 2.80. The van der Waals surface area contributed by atoms with Gasteiger partial charge in [0.1, 0.15) is 0 Å². The first-order valence-corrected chi connectivity index (χ1v) is 8.74. The second kappa shape index (κ2) is 5.24. The zero-order valence-corrected chi connectivity index (χ0v) is 13.6. The van der Waals surface area contributed by atoms with E-state index in [1.807, 2.05) is 40.9 Å². The lowest BCUT2D eigenvalue weighted by atomic mass is 10.0.